The Labute approximate surface area is 203 Å². The van der Waals surface area contributed by atoms with E-state index in [1.807, 2.05) is 20.8 Å². The highest BCUT2D eigenvalue weighted by Crippen LogP contribution is 2.39. The van der Waals surface area contributed by atoms with Crippen molar-refractivity contribution in [3.05, 3.63) is 35.9 Å². The summed E-state index contributed by atoms with van der Waals surface area (Å²) in [6.45, 7) is 8.89. The van der Waals surface area contributed by atoms with Gasteiger partial charge in [-0.25, -0.2) is 17.7 Å². The molecule has 1 aromatic heterocycles. The molecular weight excluding hydrogens is 478 g/mol. The predicted octanol–water partition coefficient (Wildman–Crippen LogP) is 4.39. The van der Waals surface area contributed by atoms with E-state index in [4.69, 9.17) is 14.2 Å². The number of thiazole rings is 1. The van der Waals surface area contributed by atoms with Gasteiger partial charge in [0, 0.05) is 19.2 Å². The molecule has 184 valence electrons. The molecule has 3 aromatic rings. The summed E-state index contributed by atoms with van der Waals surface area (Å²) in [5, 5.41) is 3.14. The van der Waals surface area contributed by atoms with E-state index in [0.29, 0.717) is 64.5 Å². The minimum atomic E-state index is -3.58. The number of carbonyl (C=O) groups is 1. The van der Waals surface area contributed by atoms with E-state index in [1.54, 1.807) is 31.2 Å². The van der Waals surface area contributed by atoms with Crippen LogP contribution in [0, 0.1) is 0 Å². The second-order valence-electron chi connectivity index (χ2n) is 7.12. The highest BCUT2D eigenvalue weighted by atomic mass is 32.2. The first kappa shape index (κ1) is 25.7. The third-order valence-electron chi connectivity index (χ3n) is 4.91. The van der Waals surface area contributed by atoms with Gasteiger partial charge in [-0.1, -0.05) is 18.3 Å². The minimum Gasteiger partial charge on any atom is -0.490 e. The number of carbonyl (C=O) groups excluding carboxylic acids is 1. The number of benzene rings is 2. The molecule has 0 aliphatic heterocycles. The van der Waals surface area contributed by atoms with Crippen LogP contribution in [0.5, 0.6) is 17.2 Å². The number of hydrogen-bond donors (Lipinski definition) is 1. The van der Waals surface area contributed by atoms with Crippen molar-refractivity contribution < 1.29 is 27.4 Å². The fraction of sp³-hybridized carbons (Fsp3) is 0.391. The number of amides is 1. The topological polar surface area (TPSA) is 107 Å². The molecule has 1 amide bonds. The van der Waals surface area contributed by atoms with Crippen LogP contribution in [0.3, 0.4) is 0 Å². The number of nitrogens with one attached hydrogen (secondary N) is 1. The smallest absolute Gasteiger partial charge is 0.257 e. The van der Waals surface area contributed by atoms with Crippen molar-refractivity contribution >= 4 is 42.6 Å². The Morgan fingerprint density at radius 2 is 1.62 bits per heavy atom. The molecule has 9 nitrogen and oxygen atoms in total. The molecule has 0 aliphatic carbocycles. The Balaban J connectivity index is 1.92. The number of ether oxygens (including phenoxy) is 3. The normalized spacial score (nSPS) is 11.6. The molecule has 0 bridgehead atoms. The van der Waals surface area contributed by atoms with Crippen LogP contribution in [0.1, 0.15) is 38.1 Å². The lowest BCUT2D eigenvalue weighted by atomic mass is 10.1. The van der Waals surface area contributed by atoms with Gasteiger partial charge in [0.2, 0.25) is 15.8 Å². The number of nitrogens with zero attached hydrogens (tertiary/aromatic N) is 2. The summed E-state index contributed by atoms with van der Waals surface area (Å²) in [5.74, 6) is 0.885. The van der Waals surface area contributed by atoms with Crippen LogP contribution in [0.4, 0.5) is 5.13 Å². The fourth-order valence-corrected chi connectivity index (χ4v) is 5.34. The summed E-state index contributed by atoms with van der Waals surface area (Å²) in [4.78, 5) is 17.6. The summed E-state index contributed by atoms with van der Waals surface area (Å²) in [6.07, 6.45) is 0. The SMILES string of the molecule is CCOc1cc(C(=O)Nc2nc3ccc(S(=O)(=O)N(C)CC)cc3s2)cc(OCC)c1OCC. The number of hydrogen-bond acceptors (Lipinski definition) is 8. The van der Waals surface area contributed by atoms with Gasteiger partial charge in [0.05, 0.1) is 34.9 Å². The van der Waals surface area contributed by atoms with Crippen LogP contribution >= 0.6 is 11.3 Å². The van der Waals surface area contributed by atoms with E-state index < -0.39 is 15.9 Å². The summed E-state index contributed by atoms with van der Waals surface area (Å²) < 4.78 is 44.2. The molecule has 0 saturated heterocycles. The van der Waals surface area contributed by atoms with Gasteiger partial charge in [0.25, 0.3) is 5.91 Å². The van der Waals surface area contributed by atoms with Gasteiger partial charge in [0.15, 0.2) is 16.6 Å². The van der Waals surface area contributed by atoms with Crippen molar-refractivity contribution in [2.45, 2.75) is 32.6 Å². The largest absolute Gasteiger partial charge is 0.490 e. The maximum Gasteiger partial charge on any atom is 0.257 e. The van der Waals surface area contributed by atoms with Gasteiger partial charge in [-0.15, -0.1) is 0 Å². The van der Waals surface area contributed by atoms with Crippen LogP contribution in [-0.2, 0) is 10.0 Å². The fourth-order valence-electron chi connectivity index (χ4n) is 3.16. The number of fused-ring (bicyclic) bond motifs is 1. The van der Waals surface area contributed by atoms with Gasteiger partial charge in [-0.05, 0) is 51.1 Å². The lowest BCUT2D eigenvalue weighted by molar-refractivity contribution is 0.102. The molecule has 0 unspecified atom stereocenters. The van der Waals surface area contributed by atoms with Crippen LogP contribution in [-0.4, -0.2) is 57.0 Å². The average molecular weight is 508 g/mol. The summed E-state index contributed by atoms with van der Waals surface area (Å²) in [7, 11) is -2.05. The highest BCUT2D eigenvalue weighted by molar-refractivity contribution is 7.89. The number of sulfonamides is 1. The lowest BCUT2D eigenvalue weighted by Crippen LogP contribution is -2.26. The number of anilines is 1. The van der Waals surface area contributed by atoms with E-state index in [1.165, 1.54) is 28.8 Å². The highest BCUT2D eigenvalue weighted by Gasteiger charge is 2.22. The van der Waals surface area contributed by atoms with Gasteiger partial charge in [0.1, 0.15) is 0 Å². The van der Waals surface area contributed by atoms with E-state index in [9.17, 15) is 13.2 Å². The zero-order chi connectivity index (χ0) is 24.9. The Bertz CT molecular complexity index is 1250. The quantitative estimate of drug-likeness (QED) is 0.410. The van der Waals surface area contributed by atoms with Gasteiger partial charge in [-0.2, -0.15) is 0 Å². The number of rotatable bonds is 11. The first-order valence-corrected chi connectivity index (χ1v) is 13.2. The van der Waals surface area contributed by atoms with Crippen LogP contribution in [0.2, 0.25) is 0 Å². The van der Waals surface area contributed by atoms with Crippen molar-refractivity contribution in [3.63, 3.8) is 0 Å². The Morgan fingerprint density at radius 1 is 1.00 bits per heavy atom. The Hall–Kier alpha value is -2.89. The van der Waals surface area contributed by atoms with Crippen molar-refractivity contribution in [2.24, 2.45) is 0 Å². The van der Waals surface area contributed by atoms with Gasteiger partial charge < -0.3 is 14.2 Å². The van der Waals surface area contributed by atoms with Gasteiger partial charge in [-0.3, -0.25) is 10.1 Å². The maximum atomic E-state index is 13.0. The molecule has 3 rings (SSSR count). The Kier molecular flexibility index (Phi) is 8.34. The van der Waals surface area contributed by atoms with E-state index >= 15 is 0 Å². The standard InChI is InChI=1S/C23H29N3O6S2/c1-6-26(5)34(28,29)16-10-11-17-20(14-16)33-23(24-17)25-22(27)15-12-18(30-7-2)21(32-9-4)19(13-15)31-8-3/h10-14H,6-9H2,1-5H3,(H,24,25,27). The van der Waals surface area contributed by atoms with Crippen molar-refractivity contribution in [3.8, 4) is 17.2 Å². The third-order valence-corrected chi connectivity index (χ3v) is 7.77. The van der Waals surface area contributed by atoms with Crippen LogP contribution in [0.25, 0.3) is 10.2 Å². The number of aromatic nitrogens is 1. The van der Waals surface area contributed by atoms with E-state index in [2.05, 4.69) is 10.3 Å². The second kappa shape index (κ2) is 11.0. The molecule has 0 fully saturated rings. The minimum absolute atomic E-state index is 0.181. The molecule has 0 atom stereocenters. The average Bonchev–Trinajstić information content (AvgIpc) is 3.22. The maximum absolute atomic E-state index is 13.0. The van der Waals surface area contributed by atoms with Crippen LogP contribution < -0.4 is 19.5 Å². The van der Waals surface area contributed by atoms with Crippen molar-refractivity contribution in [1.29, 1.82) is 0 Å². The first-order valence-electron chi connectivity index (χ1n) is 11.0. The molecule has 1 N–H and O–H groups in total. The van der Waals surface area contributed by atoms with Crippen molar-refractivity contribution in [1.82, 2.24) is 9.29 Å². The molecule has 0 aliphatic rings. The van der Waals surface area contributed by atoms with Crippen LogP contribution in [0.15, 0.2) is 35.2 Å². The predicted molar refractivity (Wildman–Crippen MR) is 133 cm³/mol. The molecule has 0 radical (unpaired) electrons. The molecule has 34 heavy (non-hydrogen) atoms. The van der Waals surface area contributed by atoms with Crippen molar-refractivity contribution in [2.75, 3.05) is 38.7 Å². The zero-order valence-corrected chi connectivity index (χ0v) is 21.5. The third kappa shape index (κ3) is 5.43. The molecular formula is C23H29N3O6S2. The first-order chi connectivity index (χ1) is 16.2. The molecule has 2 aromatic carbocycles. The molecule has 1 heterocycles. The lowest BCUT2D eigenvalue weighted by Gasteiger charge is -2.16. The summed E-state index contributed by atoms with van der Waals surface area (Å²) in [6, 6.07) is 7.93. The summed E-state index contributed by atoms with van der Waals surface area (Å²) >= 11 is 1.20. The van der Waals surface area contributed by atoms with E-state index in [-0.39, 0.29) is 4.90 Å². The monoisotopic (exact) mass is 507 g/mol. The van der Waals surface area contributed by atoms with E-state index in [0.717, 1.165) is 0 Å². The van der Waals surface area contributed by atoms with Gasteiger partial charge >= 0.3 is 0 Å². The zero-order valence-electron chi connectivity index (χ0n) is 19.9. The summed E-state index contributed by atoms with van der Waals surface area (Å²) in [5.41, 5.74) is 0.914. The second-order valence-corrected chi connectivity index (χ2v) is 10.2. The molecule has 11 heteroatoms. The Morgan fingerprint density at radius 3 is 2.18 bits per heavy atom. The molecule has 0 saturated carbocycles. The molecule has 0 spiro atoms.